The zero-order valence-corrected chi connectivity index (χ0v) is 10.1. The van der Waals surface area contributed by atoms with E-state index in [1.165, 1.54) is 0 Å². The average molecular weight is 245 g/mol. The monoisotopic (exact) mass is 245 g/mol. The van der Waals surface area contributed by atoms with E-state index in [0.29, 0.717) is 5.75 Å². The molecule has 4 nitrogen and oxygen atoms in total. The summed E-state index contributed by atoms with van der Waals surface area (Å²) in [6.07, 6.45) is 4.99. The van der Waals surface area contributed by atoms with Gasteiger partial charge in [-0.1, -0.05) is 24.3 Å². The fraction of sp³-hybridized carbons (Fsp3) is 0.357. The van der Waals surface area contributed by atoms with Crippen LogP contribution >= 0.6 is 0 Å². The van der Waals surface area contributed by atoms with Crippen molar-refractivity contribution in [1.82, 2.24) is 0 Å². The Morgan fingerprint density at radius 2 is 2.33 bits per heavy atom. The minimum Gasteiger partial charge on any atom is -0.495 e. The first-order chi connectivity index (χ1) is 8.72. The van der Waals surface area contributed by atoms with Crippen LogP contribution in [-0.2, 0) is 4.79 Å². The minimum atomic E-state index is -0.801. The van der Waals surface area contributed by atoms with Crippen LogP contribution in [0, 0.1) is 5.92 Å². The molecule has 0 saturated carbocycles. The first kappa shape index (κ1) is 11.1. The van der Waals surface area contributed by atoms with Crippen LogP contribution in [0.15, 0.2) is 30.4 Å². The summed E-state index contributed by atoms with van der Waals surface area (Å²) in [5.41, 5.74) is 1.95. The molecule has 0 radical (unpaired) electrons. The topological polar surface area (TPSA) is 58.6 Å². The van der Waals surface area contributed by atoms with E-state index >= 15 is 0 Å². The van der Waals surface area contributed by atoms with Crippen LogP contribution in [-0.4, -0.2) is 24.2 Å². The van der Waals surface area contributed by atoms with Gasteiger partial charge in [0.05, 0.1) is 12.8 Å². The lowest BCUT2D eigenvalue weighted by molar-refractivity contribution is -0.139. The predicted octanol–water partition coefficient (Wildman–Crippen LogP) is 2.23. The first-order valence-electron chi connectivity index (χ1n) is 6.05. The Morgan fingerprint density at radius 3 is 3.06 bits per heavy atom. The van der Waals surface area contributed by atoms with Crippen molar-refractivity contribution in [3.63, 3.8) is 0 Å². The number of ether oxygens (including phenoxy) is 1. The molecule has 2 aliphatic rings. The Bertz CT molecular complexity index is 524. The number of aliphatic carboxylic acids is 1. The van der Waals surface area contributed by atoms with Crippen molar-refractivity contribution in [1.29, 1.82) is 0 Å². The van der Waals surface area contributed by atoms with Crippen molar-refractivity contribution in [2.45, 2.75) is 18.4 Å². The van der Waals surface area contributed by atoms with Gasteiger partial charge in [-0.3, -0.25) is 0 Å². The van der Waals surface area contributed by atoms with E-state index in [0.717, 1.165) is 17.7 Å². The number of benzene rings is 1. The van der Waals surface area contributed by atoms with E-state index in [9.17, 15) is 9.90 Å². The molecule has 3 atom stereocenters. The summed E-state index contributed by atoms with van der Waals surface area (Å²) in [4.78, 5) is 11.4. The zero-order chi connectivity index (χ0) is 12.7. The van der Waals surface area contributed by atoms with E-state index in [-0.39, 0.29) is 11.8 Å². The van der Waals surface area contributed by atoms with E-state index < -0.39 is 12.0 Å². The smallest absolute Gasteiger partial charge is 0.326 e. The molecule has 4 heteroatoms. The minimum absolute atomic E-state index is 0.0992. The van der Waals surface area contributed by atoms with Crippen LogP contribution in [0.25, 0.3) is 0 Å². The lowest BCUT2D eigenvalue weighted by atomic mass is 9.79. The second kappa shape index (κ2) is 4.05. The molecule has 1 aromatic carbocycles. The van der Waals surface area contributed by atoms with Gasteiger partial charge >= 0.3 is 5.97 Å². The highest BCUT2D eigenvalue weighted by Gasteiger charge is 2.41. The van der Waals surface area contributed by atoms with E-state index in [1.54, 1.807) is 7.11 Å². The fourth-order valence-corrected chi connectivity index (χ4v) is 3.01. The SMILES string of the molecule is COc1cccc2c1N[C@@H](C(=O)O)[C@@H]1CC=C[C@H]21. The summed E-state index contributed by atoms with van der Waals surface area (Å²) in [6.45, 7) is 0. The lowest BCUT2D eigenvalue weighted by Gasteiger charge is -2.35. The number of anilines is 1. The molecule has 0 spiro atoms. The standard InChI is InChI=1S/C14H15NO3/c1-18-11-7-3-6-9-8-4-2-5-10(8)13(14(16)17)15-12(9)11/h2-4,6-8,10,13,15H,5H2,1H3,(H,16,17)/t8-,10-,13-/m1/s1. The third-order valence-electron chi connectivity index (χ3n) is 3.84. The molecule has 0 saturated heterocycles. The van der Waals surface area contributed by atoms with Crippen LogP contribution in [0.4, 0.5) is 5.69 Å². The molecule has 0 bridgehead atoms. The summed E-state index contributed by atoms with van der Waals surface area (Å²) in [7, 11) is 1.60. The van der Waals surface area contributed by atoms with E-state index in [2.05, 4.69) is 17.5 Å². The van der Waals surface area contributed by atoms with Gasteiger partial charge in [-0.15, -0.1) is 0 Å². The molecule has 3 rings (SSSR count). The second-order valence-corrected chi connectivity index (χ2v) is 4.74. The molecule has 0 fully saturated rings. The summed E-state index contributed by atoms with van der Waals surface area (Å²) >= 11 is 0. The Balaban J connectivity index is 2.11. The number of carbonyl (C=O) groups is 1. The molecule has 94 valence electrons. The Morgan fingerprint density at radius 1 is 1.50 bits per heavy atom. The maximum Gasteiger partial charge on any atom is 0.326 e. The van der Waals surface area contributed by atoms with Crippen molar-refractivity contribution >= 4 is 11.7 Å². The number of para-hydroxylation sites is 1. The molecule has 0 unspecified atom stereocenters. The van der Waals surface area contributed by atoms with Gasteiger partial charge in [-0.2, -0.15) is 0 Å². The first-order valence-corrected chi connectivity index (χ1v) is 6.05. The van der Waals surface area contributed by atoms with Gasteiger partial charge in [0.25, 0.3) is 0 Å². The van der Waals surface area contributed by atoms with Gasteiger partial charge in [0.1, 0.15) is 11.8 Å². The summed E-state index contributed by atoms with van der Waals surface area (Å²) in [5.74, 6) is 0.183. The molecule has 1 aromatic rings. The maximum atomic E-state index is 11.4. The van der Waals surface area contributed by atoms with Crippen LogP contribution < -0.4 is 10.1 Å². The lowest BCUT2D eigenvalue weighted by Crippen LogP contribution is -2.41. The summed E-state index contributed by atoms with van der Waals surface area (Å²) < 4.78 is 5.31. The average Bonchev–Trinajstić information content (AvgIpc) is 2.86. The molecule has 0 aromatic heterocycles. The molecule has 18 heavy (non-hydrogen) atoms. The summed E-state index contributed by atoms with van der Waals surface area (Å²) in [6, 6.07) is 5.29. The molecule has 1 aliphatic carbocycles. The number of hydrogen-bond donors (Lipinski definition) is 2. The number of carboxylic acid groups (broad SMARTS) is 1. The number of nitrogens with one attached hydrogen (secondary N) is 1. The summed E-state index contributed by atoms with van der Waals surface area (Å²) in [5, 5.41) is 12.5. The van der Waals surface area contributed by atoms with Gasteiger partial charge < -0.3 is 15.2 Å². The number of fused-ring (bicyclic) bond motifs is 3. The number of allylic oxidation sites excluding steroid dienone is 2. The van der Waals surface area contributed by atoms with E-state index in [1.807, 2.05) is 18.2 Å². The highest BCUT2D eigenvalue weighted by atomic mass is 16.5. The molecular formula is C14H15NO3. The van der Waals surface area contributed by atoms with Crippen LogP contribution in [0.3, 0.4) is 0 Å². The number of rotatable bonds is 2. The van der Waals surface area contributed by atoms with Crippen molar-refractivity contribution in [2.75, 3.05) is 12.4 Å². The van der Waals surface area contributed by atoms with Crippen molar-refractivity contribution in [3.8, 4) is 5.75 Å². The normalized spacial score (nSPS) is 28.2. The maximum absolute atomic E-state index is 11.4. The molecule has 0 amide bonds. The molecule has 1 aliphatic heterocycles. The highest BCUT2D eigenvalue weighted by Crippen LogP contribution is 2.47. The Hall–Kier alpha value is -1.97. The Labute approximate surface area is 105 Å². The predicted molar refractivity (Wildman–Crippen MR) is 68.0 cm³/mol. The van der Waals surface area contributed by atoms with Gasteiger partial charge in [-0.05, 0) is 18.1 Å². The zero-order valence-electron chi connectivity index (χ0n) is 10.1. The van der Waals surface area contributed by atoms with Gasteiger partial charge in [0.2, 0.25) is 0 Å². The number of carboxylic acids is 1. The van der Waals surface area contributed by atoms with Crippen molar-refractivity contribution in [3.05, 3.63) is 35.9 Å². The molecular weight excluding hydrogens is 230 g/mol. The van der Waals surface area contributed by atoms with Gasteiger partial charge in [-0.25, -0.2) is 4.79 Å². The van der Waals surface area contributed by atoms with Gasteiger partial charge in [0.15, 0.2) is 0 Å². The van der Waals surface area contributed by atoms with Crippen LogP contribution in [0.2, 0.25) is 0 Å². The van der Waals surface area contributed by atoms with Gasteiger partial charge in [0, 0.05) is 11.8 Å². The Kier molecular flexibility index (Phi) is 2.51. The molecule has 1 heterocycles. The fourth-order valence-electron chi connectivity index (χ4n) is 3.01. The number of hydrogen-bond acceptors (Lipinski definition) is 3. The van der Waals surface area contributed by atoms with Crippen LogP contribution in [0.5, 0.6) is 5.75 Å². The number of methoxy groups -OCH3 is 1. The van der Waals surface area contributed by atoms with Crippen molar-refractivity contribution in [2.24, 2.45) is 5.92 Å². The van der Waals surface area contributed by atoms with E-state index in [4.69, 9.17) is 4.74 Å². The second-order valence-electron chi connectivity index (χ2n) is 4.74. The third-order valence-corrected chi connectivity index (χ3v) is 3.84. The quantitative estimate of drug-likeness (QED) is 0.784. The molecule has 2 N–H and O–H groups in total. The van der Waals surface area contributed by atoms with Crippen LogP contribution in [0.1, 0.15) is 17.9 Å². The van der Waals surface area contributed by atoms with Crippen molar-refractivity contribution < 1.29 is 14.6 Å². The largest absolute Gasteiger partial charge is 0.495 e. The highest BCUT2D eigenvalue weighted by molar-refractivity contribution is 5.82. The third kappa shape index (κ3) is 1.49.